The van der Waals surface area contributed by atoms with Gasteiger partial charge in [0.1, 0.15) is 17.8 Å². The molecule has 0 saturated carbocycles. The zero-order valence-corrected chi connectivity index (χ0v) is 15.5. The SMILES string of the molecule is CN(Cc1ccccc1)C(=O)c1cc(Nc2ccc(Cl)cc2Cl)ncn1. The zero-order valence-electron chi connectivity index (χ0n) is 14.0. The topological polar surface area (TPSA) is 58.1 Å². The molecule has 1 heterocycles. The first kappa shape index (κ1) is 18.2. The molecule has 1 aromatic heterocycles. The molecule has 0 radical (unpaired) electrons. The van der Waals surface area contributed by atoms with Crippen LogP contribution in [0.25, 0.3) is 0 Å². The van der Waals surface area contributed by atoms with Gasteiger partial charge in [-0.2, -0.15) is 0 Å². The monoisotopic (exact) mass is 386 g/mol. The van der Waals surface area contributed by atoms with Gasteiger partial charge >= 0.3 is 0 Å². The van der Waals surface area contributed by atoms with Gasteiger partial charge in [-0.3, -0.25) is 4.79 Å². The van der Waals surface area contributed by atoms with E-state index in [2.05, 4.69) is 15.3 Å². The van der Waals surface area contributed by atoms with Crippen LogP contribution in [0.3, 0.4) is 0 Å². The van der Waals surface area contributed by atoms with Crippen molar-refractivity contribution >= 4 is 40.6 Å². The van der Waals surface area contributed by atoms with Crippen molar-refractivity contribution in [3.05, 3.63) is 82.2 Å². The second kappa shape index (κ2) is 8.17. The molecule has 0 aliphatic carbocycles. The Hall–Kier alpha value is -2.63. The first-order valence-electron chi connectivity index (χ1n) is 7.86. The fourth-order valence-corrected chi connectivity index (χ4v) is 2.85. The summed E-state index contributed by atoms with van der Waals surface area (Å²) < 4.78 is 0. The molecule has 1 N–H and O–H groups in total. The van der Waals surface area contributed by atoms with Crippen molar-refractivity contribution < 1.29 is 4.79 Å². The number of aromatic nitrogens is 2. The number of carbonyl (C=O) groups excluding carboxylic acids is 1. The Bertz CT molecular complexity index is 918. The summed E-state index contributed by atoms with van der Waals surface area (Å²) >= 11 is 12.1. The largest absolute Gasteiger partial charge is 0.339 e. The summed E-state index contributed by atoms with van der Waals surface area (Å²) in [6.45, 7) is 0.495. The fourth-order valence-electron chi connectivity index (χ4n) is 2.40. The molecule has 0 atom stereocenters. The van der Waals surface area contributed by atoms with Crippen molar-refractivity contribution in [2.24, 2.45) is 0 Å². The highest BCUT2D eigenvalue weighted by Crippen LogP contribution is 2.27. The third-order valence-electron chi connectivity index (χ3n) is 3.69. The Labute approximate surface area is 161 Å². The molecule has 3 aromatic rings. The normalized spacial score (nSPS) is 10.4. The Morgan fingerprint density at radius 3 is 2.58 bits per heavy atom. The molecule has 1 amide bonds. The average molecular weight is 387 g/mol. The summed E-state index contributed by atoms with van der Waals surface area (Å²) in [6, 6.07) is 16.5. The first-order chi connectivity index (χ1) is 12.5. The molecule has 0 fully saturated rings. The van der Waals surface area contributed by atoms with Crippen LogP contribution >= 0.6 is 23.2 Å². The highest BCUT2D eigenvalue weighted by atomic mass is 35.5. The maximum atomic E-state index is 12.6. The fraction of sp³-hybridized carbons (Fsp3) is 0.105. The van der Waals surface area contributed by atoms with Gasteiger partial charge in [0.25, 0.3) is 5.91 Å². The van der Waals surface area contributed by atoms with Gasteiger partial charge in [-0.15, -0.1) is 0 Å². The molecule has 2 aromatic carbocycles. The van der Waals surface area contributed by atoms with Gasteiger partial charge in [0, 0.05) is 24.7 Å². The lowest BCUT2D eigenvalue weighted by Gasteiger charge is -2.17. The molecule has 26 heavy (non-hydrogen) atoms. The van der Waals surface area contributed by atoms with Crippen LogP contribution in [0, 0.1) is 0 Å². The lowest BCUT2D eigenvalue weighted by Crippen LogP contribution is -2.27. The molecule has 0 saturated heterocycles. The number of anilines is 2. The number of nitrogens with one attached hydrogen (secondary N) is 1. The van der Waals surface area contributed by atoms with E-state index in [-0.39, 0.29) is 5.91 Å². The molecule has 132 valence electrons. The van der Waals surface area contributed by atoms with Crippen molar-refractivity contribution in [1.29, 1.82) is 0 Å². The summed E-state index contributed by atoms with van der Waals surface area (Å²) in [4.78, 5) is 22.5. The Balaban J connectivity index is 1.74. The van der Waals surface area contributed by atoms with Crippen LogP contribution in [0.15, 0.2) is 60.9 Å². The Kier molecular flexibility index (Phi) is 5.71. The van der Waals surface area contributed by atoms with Gasteiger partial charge in [0.05, 0.1) is 10.7 Å². The van der Waals surface area contributed by atoms with E-state index >= 15 is 0 Å². The number of amides is 1. The third kappa shape index (κ3) is 4.50. The minimum atomic E-state index is -0.193. The van der Waals surface area contributed by atoms with Gasteiger partial charge in [-0.1, -0.05) is 53.5 Å². The maximum Gasteiger partial charge on any atom is 0.272 e. The molecule has 0 aliphatic rings. The second-order valence-corrected chi connectivity index (χ2v) is 6.53. The van der Waals surface area contributed by atoms with E-state index in [1.165, 1.54) is 6.33 Å². The maximum absolute atomic E-state index is 12.6. The smallest absolute Gasteiger partial charge is 0.272 e. The zero-order chi connectivity index (χ0) is 18.5. The molecule has 5 nitrogen and oxygen atoms in total. The lowest BCUT2D eigenvalue weighted by molar-refractivity contribution is 0.0779. The van der Waals surface area contributed by atoms with E-state index in [0.29, 0.717) is 33.8 Å². The minimum Gasteiger partial charge on any atom is -0.339 e. The van der Waals surface area contributed by atoms with Crippen LogP contribution in [0.2, 0.25) is 10.0 Å². The predicted octanol–water partition coefficient (Wildman–Crippen LogP) is 4.80. The van der Waals surface area contributed by atoms with E-state index in [9.17, 15) is 4.79 Å². The van der Waals surface area contributed by atoms with Crippen molar-refractivity contribution in [2.75, 3.05) is 12.4 Å². The van der Waals surface area contributed by atoms with Gasteiger partial charge in [0.15, 0.2) is 0 Å². The van der Waals surface area contributed by atoms with E-state index in [1.54, 1.807) is 36.2 Å². The first-order valence-corrected chi connectivity index (χ1v) is 8.62. The predicted molar refractivity (Wildman–Crippen MR) is 104 cm³/mol. The molecule has 0 unspecified atom stereocenters. The van der Waals surface area contributed by atoms with E-state index in [4.69, 9.17) is 23.2 Å². The molecule has 0 aliphatic heterocycles. The van der Waals surface area contributed by atoms with Crippen LogP contribution in [-0.4, -0.2) is 27.8 Å². The summed E-state index contributed by atoms with van der Waals surface area (Å²) in [5.74, 6) is 0.280. The number of carbonyl (C=O) groups is 1. The molecular formula is C19H16Cl2N4O. The van der Waals surface area contributed by atoms with Gasteiger partial charge in [0.2, 0.25) is 0 Å². The second-order valence-electron chi connectivity index (χ2n) is 5.68. The van der Waals surface area contributed by atoms with Crippen LogP contribution in [0.1, 0.15) is 16.1 Å². The minimum absolute atomic E-state index is 0.193. The highest BCUT2D eigenvalue weighted by Gasteiger charge is 2.15. The highest BCUT2D eigenvalue weighted by molar-refractivity contribution is 6.36. The quantitative estimate of drug-likeness (QED) is 0.683. The molecule has 0 bridgehead atoms. The summed E-state index contributed by atoms with van der Waals surface area (Å²) in [5, 5.41) is 4.08. The van der Waals surface area contributed by atoms with E-state index < -0.39 is 0 Å². The Morgan fingerprint density at radius 2 is 1.85 bits per heavy atom. The van der Waals surface area contributed by atoms with Crippen molar-refractivity contribution in [1.82, 2.24) is 14.9 Å². The molecule has 7 heteroatoms. The molecule has 3 rings (SSSR count). The molecule has 0 spiro atoms. The van der Waals surface area contributed by atoms with E-state index in [1.807, 2.05) is 30.3 Å². The van der Waals surface area contributed by atoms with Gasteiger partial charge in [-0.25, -0.2) is 9.97 Å². The summed E-state index contributed by atoms with van der Waals surface area (Å²) in [7, 11) is 1.74. The van der Waals surface area contributed by atoms with Crippen molar-refractivity contribution in [2.45, 2.75) is 6.54 Å². The van der Waals surface area contributed by atoms with Crippen LogP contribution in [0.4, 0.5) is 11.5 Å². The average Bonchev–Trinajstić information content (AvgIpc) is 2.64. The number of rotatable bonds is 5. The lowest BCUT2D eigenvalue weighted by atomic mass is 10.2. The third-order valence-corrected chi connectivity index (χ3v) is 4.24. The number of halogens is 2. The number of benzene rings is 2. The van der Waals surface area contributed by atoms with Crippen molar-refractivity contribution in [3.63, 3.8) is 0 Å². The number of hydrogen-bond donors (Lipinski definition) is 1. The summed E-state index contributed by atoms with van der Waals surface area (Å²) in [6.07, 6.45) is 1.34. The van der Waals surface area contributed by atoms with Crippen LogP contribution < -0.4 is 5.32 Å². The van der Waals surface area contributed by atoms with Gasteiger partial charge < -0.3 is 10.2 Å². The number of nitrogens with zero attached hydrogens (tertiary/aromatic N) is 3. The summed E-state index contributed by atoms with van der Waals surface area (Å²) in [5.41, 5.74) is 1.99. The van der Waals surface area contributed by atoms with Crippen LogP contribution in [-0.2, 0) is 6.54 Å². The Morgan fingerprint density at radius 1 is 1.08 bits per heavy atom. The van der Waals surface area contributed by atoms with E-state index in [0.717, 1.165) is 5.56 Å². The molecular weight excluding hydrogens is 371 g/mol. The van der Waals surface area contributed by atoms with Crippen LogP contribution in [0.5, 0.6) is 0 Å². The van der Waals surface area contributed by atoms with Crippen molar-refractivity contribution in [3.8, 4) is 0 Å². The number of hydrogen-bond acceptors (Lipinski definition) is 4. The standard InChI is InChI=1S/C19H16Cl2N4O/c1-25(11-13-5-3-2-4-6-13)19(26)17-10-18(23-12-22-17)24-16-8-7-14(20)9-15(16)21/h2-10,12H,11H2,1H3,(H,22,23,24). The van der Waals surface area contributed by atoms with Gasteiger partial charge in [-0.05, 0) is 23.8 Å².